The zero-order valence-corrected chi connectivity index (χ0v) is 13.2. The fraction of sp³-hybridized carbons (Fsp3) is 0.176. The largest absolute Gasteiger partial charge is 0.454 e. The highest BCUT2D eigenvalue weighted by molar-refractivity contribution is 6.30. The molecule has 0 bridgehead atoms. The first-order valence-electron chi connectivity index (χ1n) is 7.38. The van der Waals surface area contributed by atoms with Crippen LogP contribution in [0, 0.1) is 0 Å². The Morgan fingerprint density at radius 2 is 1.92 bits per heavy atom. The van der Waals surface area contributed by atoms with Crippen molar-refractivity contribution >= 4 is 28.9 Å². The number of rotatable bonds is 3. The van der Waals surface area contributed by atoms with Crippen molar-refractivity contribution in [3.05, 3.63) is 53.1 Å². The van der Waals surface area contributed by atoms with E-state index in [1.165, 1.54) is 0 Å². The lowest BCUT2D eigenvalue weighted by Crippen LogP contribution is -2.28. The molecule has 2 aromatic rings. The van der Waals surface area contributed by atoms with Crippen LogP contribution in [0.3, 0.4) is 0 Å². The summed E-state index contributed by atoms with van der Waals surface area (Å²) in [6.45, 7) is 0.191. The number of amides is 1. The molecule has 1 amide bonds. The average molecular weight is 345 g/mol. The Morgan fingerprint density at radius 1 is 1.12 bits per heavy atom. The molecule has 24 heavy (non-hydrogen) atoms. The lowest BCUT2D eigenvalue weighted by atomic mass is 10.0. The van der Waals surface area contributed by atoms with E-state index in [4.69, 9.17) is 25.9 Å². The van der Waals surface area contributed by atoms with Crippen LogP contribution in [0.5, 0.6) is 11.5 Å². The molecule has 0 spiro atoms. The molecule has 6 nitrogen and oxygen atoms in total. The maximum Gasteiger partial charge on any atom is 0.268 e. The van der Waals surface area contributed by atoms with Gasteiger partial charge in [-0.25, -0.2) is 0 Å². The van der Waals surface area contributed by atoms with Crippen molar-refractivity contribution in [2.24, 2.45) is 5.16 Å². The van der Waals surface area contributed by atoms with E-state index in [2.05, 4.69) is 10.5 Å². The summed E-state index contributed by atoms with van der Waals surface area (Å²) in [5.41, 5.74) is 2.23. The molecule has 0 aromatic heterocycles. The topological polar surface area (TPSA) is 69.2 Å². The lowest BCUT2D eigenvalue weighted by molar-refractivity contribution is -0.125. The second-order valence-electron chi connectivity index (χ2n) is 5.40. The molecule has 1 N–H and O–H groups in total. The van der Waals surface area contributed by atoms with Crippen LogP contribution in [0.15, 0.2) is 47.6 Å². The monoisotopic (exact) mass is 344 g/mol. The second kappa shape index (κ2) is 6.05. The zero-order chi connectivity index (χ0) is 16.5. The molecule has 2 aromatic carbocycles. The predicted molar refractivity (Wildman–Crippen MR) is 88.7 cm³/mol. The van der Waals surface area contributed by atoms with E-state index in [-0.39, 0.29) is 12.7 Å². The molecule has 0 saturated heterocycles. The van der Waals surface area contributed by atoms with Crippen LogP contribution in [-0.4, -0.2) is 24.5 Å². The van der Waals surface area contributed by atoms with Crippen molar-refractivity contribution < 1.29 is 19.1 Å². The van der Waals surface area contributed by atoms with Gasteiger partial charge in [-0.3, -0.25) is 4.79 Å². The number of hydrogen-bond acceptors (Lipinski definition) is 5. The molecule has 1 atom stereocenters. The second-order valence-corrected chi connectivity index (χ2v) is 5.84. The summed E-state index contributed by atoms with van der Waals surface area (Å²) >= 11 is 5.87. The van der Waals surface area contributed by atoms with Crippen LogP contribution in [0.4, 0.5) is 5.69 Å². The highest BCUT2D eigenvalue weighted by Gasteiger charge is 2.29. The Labute approximate surface area is 143 Å². The van der Waals surface area contributed by atoms with E-state index < -0.39 is 6.10 Å². The van der Waals surface area contributed by atoms with Gasteiger partial charge in [0.1, 0.15) is 0 Å². The highest BCUT2D eigenvalue weighted by atomic mass is 35.5. The summed E-state index contributed by atoms with van der Waals surface area (Å²) in [7, 11) is 0. The molecular weight excluding hydrogens is 332 g/mol. The maximum atomic E-state index is 12.3. The molecule has 0 aliphatic carbocycles. The molecule has 0 radical (unpaired) electrons. The molecule has 2 heterocycles. The number of anilines is 1. The van der Waals surface area contributed by atoms with Gasteiger partial charge in [0.25, 0.3) is 5.91 Å². The predicted octanol–water partition coefficient (Wildman–Crippen LogP) is 3.20. The lowest BCUT2D eigenvalue weighted by Gasteiger charge is -2.10. The van der Waals surface area contributed by atoms with Gasteiger partial charge < -0.3 is 19.6 Å². The number of nitrogens with one attached hydrogen (secondary N) is 1. The number of hydrogen-bond donors (Lipinski definition) is 1. The SMILES string of the molecule is O=C(Nc1ccc2c(c1)OCO2)[C@H]1CC(c2ccc(Cl)cc2)=NO1. The number of nitrogens with zero attached hydrogens (tertiary/aromatic N) is 1. The van der Waals surface area contributed by atoms with Crippen LogP contribution >= 0.6 is 11.6 Å². The molecule has 4 rings (SSSR count). The van der Waals surface area contributed by atoms with Crippen LogP contribution < -0.4 is 14.8 Å². The van der Waals surface area contributed by atoms with Crippen molar-refractivity contribution in [3.63, 3.8) is 0 Å². The first-order chi connectivity index (χ1) is 11.7. The van der Waals surface area contributed by atoms with E-state index in [9.17, 15) is 4.79 Å². The molecule has 0 saturated carbocycles. The summed E-state index contributed by atoms with van der Waals surface area (Å²) < 4.78 is 10.5. The van der Waals surface area contributed by atoms with Crippen molar-refractivity contribution in [1.29, 1.82) is 0 Å². The van der Waals surface area contributed by atoms with Gasteiger partial charge in [0.05, 0.1) is 5.71 Å². The first-order valence-corrected chi connectivity index (χ1v) is 7.76. The normalized spacial score (nSPS) is 18.0. The van der Waals surface area contributed by atoms with Gasteiger partial charge in [-0.2, -0.15) is 0 Å². The number of carbonyl (C=O) groups is 1. The third kappa shape index (κ3) is 2.88. The highest BCUT2D eigenvalue weighted by Crippen LogP contribution is 2.34. The van der Waals surface area contributed by atoms with Gasteiger partial charge in [0.2, 0.25) is 12.9 Å². The van der Waals surface area contributed by atoms with Gasteiger partial charge in [0, 0.05) is 23.2 Å². The summed E-state index contributed by atoms with van der Waals surface area (Å²) in [6.07, 6.45) is -0.265. The van der Waals surface area contributed by atoms with Crippen LogP contribution in [0.2, 0.25) is 5.02 Å². The number of oxime groups is 1. The minimum Gasteiger partial charge on any atom is -0.454 e. The Balaban J connectivity index is 1.40. The standard InChI is InChI=1S/C17H13ClN2O4/c18-11-3-1-10(2-4-11)13-8-16(24-20-13)17(21)19-12-5-6-14-15(7-12)23-9-22-14/h1-7,16H,8-9H2,(H,19,21)/t16-/m1/s1. The molecular formula is C17H13ClN2O4. The summed E-state index contributed by atoms with van der Waals surface area (Å²) in [6, 6.07) is 12.5. The molecule has 2 aliphatic rings. The van der Waals surface area contributed by atoms with Gasteiger partial charge in [-0.15, -0.1) is 0 Å². The molecule has 7 heteroatoms. The molecule has 0 fully saturated rings. The number of halogens is 1. The van der Waals surface area contributed by atoms with Gasteiger partial charge >= 0.3 is 0 Å². The smallest absolute Gasteiger partial charge is 0.268 e. The zero-order valence-electron chi connectivity index (χ0n) is 12.5. The van der Waals surface area contributed by atoms with Crippen LogP contribution in [-0.2, 0) is 9.63 Å². The van der Waals surface area contributed by atoms with Gasteiger partial charge in [-0.05, 0) is 29.8 Å². The van der Waals surface area contributed by atoms with E-state index in [0.29, 0.717) is 28.6 Å². The Bertz CT molecular complexity index is 820. The summed E-state index contributed by atoms with van der Waals surface area (Å²) in [5, 5.41) is 7.45. The van der Waals surface area contributed by atoms with Crippen LogP contribution in [0.25, 0.3) is 0 Å². The maximum absolute atomic E-state index is 12.3. The quantitative estimate of drug-likeness (QED) is 0.928. The fourth-order valence-electron chi connectivity index (χ4n) is 2.53. The van der Waals surface area contributed by atoms with Crippen molar-refractivity contribution in [2.75, 3.05) is 12.1 Å². The molecule has 2 aliphatic heterocycles. The van der Waals surface area contributed by atoms with Crippen molar-refractivity contribution in [2.45, 2.75) is 12.5 Å². The minimum absolute atomic E-state index is 0.191. The molecule has 0 unspecified atom stereocenters. The van der Waals surface area contributed by atoms with Crippen LogP contribution in [0.1, 0.15) is 12.0 Å². The number of fused-ring (bicyclic) bond motifs is 1. The third-order valence-corrected chi connectivity index (χ3v) is 4.03. The van der Waals surface area contributed by atoms with Gasteiger partial charge in [0.15, 0.2) is 11.5 Å². The Hall–Kier alpha value is -2.73. The fourth-order valence-corrected chi connectivity index (χ4v) is 2.65. The number of benzene rings is 2. The average Bonchev–Trinajstić information content (AvgIpc) is 3.24. The van der Waals surface area contributed by atoms with E-state index in [1.54, 1.807) is 30.3 Å². The summed E-state index contributed by atoms with van der Waals surface area (Å²) in [4.78, 5) is 17.6. The van der Waals surface area contributed by atoms with E-state index in [0.717, 1.165) is 11.3 Å². The third-order valence-electron chi connectivity index (χ3n) is 3.78. The number of ether oxygens (including phenoxy) is 2. The number of carbonyl (C=O) groups excluding carboxylic acids is 1. The molecule has 122 valence electrons. The first kappa shape index (κ1) is 14.8. The van der Waals surface area contributed by atoms with Crippen molar-refractivity contribution in [3.8, 4) is 11.5 Å². The van der Waals surface area contributed by atoms with Gasteiger partial charge in [-0.1, -0.05) is 28.9 Å². The Morgan fingerprint density at radius 3 is 2.75 bits per heavy atom. The summed E-state index contributed by atoms with van der Waals surface area (Å²) in [5.74, 6) is 1.01. The Kier molecular flexibility index (Phi) is 3.74. The minimum atomic E-state index is -0.666. The van der Waals surface area contributed by atoms with E-state index in [1.807, 2.05) is 12.1 Å². The van der Waals surface area contributed by atoms with E-state index >= 15 is 0 Å². The van der Waals surface area contributed by atoms with Crippen molar-refractivity contribution in [1.82, 2.24) is 0 Å².